The summed E-state index contributed by atoms with van der Waals surface area (Å²) < 4.78 is 1.29. The molecule has 1 rings (SSSR count). The summed E-state index contributed by atoms with van der Waals surface area (Å²) in [7, 11) is 0. The van der Waals surface area contributed by atoms with E-state index in [1.807, 2.05) is 27.7 Å². The fourth-order valence-electron chi connectivity index (χ4n) is 1.85. The lowest BCUT2D eigenvalue weighted by Crippen LogP contribution is -2.38. The van der Waals surface area contributed by atoms with Gasteiger partial charge in [-0.2, -0.15) is 0 Å². The van der Waals surface area contributed by atoms with Crippen molar-refractivity contribution in [1.82, 2.24) is 14.9 Å². The fraction of sp³-hybridized carbons (Fsp3) is 0.615. The predicted octanol–water partition coefficient (Wildman–Crippen LogP) is -0.289. The van der Waals surface area contributed by atoms with Gasteiger partial charge in [0.15, 0.2) is 0 Å². The largest absolute Gasteiger partial charge is 0.383 e. The molecule has 0 aliphatic heterocycles. The number of carbonyl (C=O) groups excluding carboxylic acids is 1. The van der Waals surface area contributed by atoms with Crippen LogP contribution in [0.15, 0.2) is 9.59 Å². The molecule has 0 aromatic carbocycles. The van der Waals surface area contributed by atoms with Crippen LogP contribution in [0.5, 0.6) is 0 Å². The first-order valence-corrected chi connectivity index (χ1v) is 6.88. The summed E-state index contributed by atoms with van der Waals surface area (Å²) in [5.74, 6) is -0.0341. The molecule has 0 radical (unpaired) electrons. The molecule has 8 nitrogen and oxygen atoms in total. The lowest BCUT2D eigenvalue weighted by molar-refractivity contribution is -0.119. The minimum atomic E-state index is -0.630. The van der Waals surface area contributed by atoms with Gasteiger partial charge in [-0.1, -0.05) is 13.8 Å². The van der Waals surface area contributed by atoms with E-state index in [9.17, 15) is 14.4 Å². The van der Waals surface area contributed by atoms with Crippen molar-refractivity contribution < 1.29 is 4.79 Å². The van der Waals surface area contributed by atoms with Crippen LogP contribution in [0.25, 0.3) is 0 Å². The van der Waals surface area contributed by atoms with E-state index in [4.69, 9.17) is 5.73 Å². The molecule has 0 fully saturated rings. The van der Waals surface area contributed by atoms with Gasteiger partial charge in [-0.05, 0) is 19.8 Å². The Hall–Kier alpha value is -2.25. The molecule has 0 atom stereocenters. The smallest absolute Gasteiger partial charge is 0.330 e. The highest BCUT2D eigenvalue weighted by Crippen LogP contribution is 2.11. The lowest BCUT2D eigenvalue weighted by Gasteiger charge is -2.15. The molecule has 0 aliphatic rings. The number of nitrogen functional groups attached to an aromatic ring is 1. The summed E-state index contributed by atoms with van der Waals surface area (Å²) in [5, 5.41) is 5.37. The number of H-pyrrole nitrogens is 1. The van der Waals surface area contributed by atoms with Crippen molar-refractivity contribution in [2.24, 2.45) is 5.92 Å². The number of carbonyl (C=O) groups is 1. The molecule has 0 spiro atoms. The van der Waals surface area contributed by atoms with Crippen LogP contribution in [0.1, 0.15) is 27.7 Å². The number of hydrogen-bond donors (Lipinski definition) is 4. The fourth-order valence-corrected chi connectivity index (χ4v) is 1.85. The Labute approximate surface area is 122 Å². The van der Waals surface area contributed by atoms with E-state index in [2.05, 4.69) is 15.6 Å². The third-order valence-electron chi connectivity index (χ3n) is 2.66. The van der Waals surface area contributed by atoms with Crippen molar-refractivity contribution in [2.45, 2.75) is 40.3 Å². The van der Waals surface area contributed by atoms with Gasteiger partial charge < -0.3 is 16.4 Å². The van der Waals surface area contributed by atoms with Gasteiger partial charge in [-0.25, -0.2) is 4.79 Å². The maximum atomic E-state index is 11.8. The first-order valence-electron chi connectivity index (χ1n) is 6.88. The third-order valence-corrected chi connectivity index (χ3v) is 2.66. The number of aromatic nitrogens is 2. The number of anilines is 2. The van der Waals surface area contributed by atoms with Crippen molar-refractivity contribution >= 4 is 17.4 Å². The van der Waals surface area contributed by atoms with E-state index in [0.29, 0.717) is 6.54 Å². The number of nitrogens with one attached hydrogen (secondary N) is 3. The Balaban J connectivity index is 3.00. The number of amides is 1. The highest BCUT2D eigenvalue weighted by Gasteiger charge is 2.14. The van der Waals surface area contributed by atoms with E-state index in [0.717, 1.165) is 0 Å². The monoisotopic (exact) mass is 297 g/mol. The van der Waals surface area contributed by atoms with Gasteiger partial charge in [0.25, 0.3) is 5.56 Å². The topological polar surface area (TPSA) is 122 Å². The number of aromatic amines is 1. The van der Waals surface area contributed by atoms with Crippen molar-refractivity contribution in [1.29, 1.82) is 0 Å². The first-order chi connectivity index (χ1) is 9.72. The van der Waals surface area contributed by atoms with E-state index < -0.39 is 11.2 Å². The number of nitrogens with two attached hydrogens (primary N) is 1. The van der Waals surface area contributed by atoms with Gasteiger partial charge in [0, 0.05) is 12.6 Å². The second-order valence-corrected chi connectivity index (χ2v) is 5.60. The number of nitrogens with zero attached hydrogens (tertiary/aromatic N) is 1. The van der Waals surface area contributed by atoms with Crippen LogP contribution in [0.3, 0.4) is 0 Å². The number of rotatable bonds is 6. The van der Waals surface area contributed by atoms with E-state index in [1.165, 1.54) is 4.57 Å². The van der Waals surface area contributed by atoms with Gasteiger partial charge in [0.2, 0.25) is 5.91 Å². The summed E-state index contributed by atoms with van der Waals surface area (Å²) in [6, 6.07) is 0.00447. The van der Waals surface area contributed by atoms with Gasteiger partial charge in [-0.3, -0.25) is 19.1 Å². The quantitative estimate of drug-likeness (QED) is 0.575. The summed E-state index contributed by atoms with van der Waals surface area (Å²) >= 11 is 0. The molecule has 0 saturated heterocycles. The summed E-state index contributed by atoms with van der Waals surface area (Å²) in [4.78, 5) is 37.3. The molecule has 5 N–H and O–H groups in total. The molecule has 1 amide bonds. The van der Waals surface area contributed by atoms with Crippen LogP contribution < -0.4 is 27.6 Å². The normalized spacial score (nSPS) is 11.0. The molecule has 1 aromatic heterocycles. The second-order valence-electron chi connectivity index (χ2n) is 5.60. The average Bonchev–Trinajstić information content (AvgIpc) is 2.32. The van der Waals surface area contributed by atoms with Crippen molar-refractivity contribution in [3.05, 3.63) is 20.8 Å². The average molecular weight is 297 g/mol. The minimum absolute atomic E-state index is 0.00447. The first kappa shape index (κ1) is 16.8. The van der Waals surface area contributed by atoms with E-state index >= 15 is 0 Å². The van der Waals surface area contributed by atoms with Crippen LogP contribution in [0.2, 0.25) is 0 Å². The Morgan fingerprint density at radius 1 is 1.29 bits per heavy atom. The van der Waals surface area contributed by atoms with Crippen LogP contribution in [-0.4, -0.2) is 28.0 Å². The SMILES string of the molecule is CC(C)Cn1c(N)c(NCC(=O)NC(C)C)c(=O)[nH]c1=O. The molecule has 1 aromatic rings. The van der Waals surface area contributed by atoms with Crippen molar-refractivity contribution in [3.63, 3.8) is 0 Å². The van der Waals surface area contributed by atoms with Crippen molar-refractivity contribution in [3.8, 4) is 0 Å². The molecular formula is C13H23N5O3. The van der Waals surface area contributed by atoms with Gasteiger partial charge in [0.05, 0.1) is 6.54 Å². The molecule has 118 valence electrons. The van der Waals surface area contributed by atoms with Crippen LogP contribution in [-0.2, 0) is 11.3 Å². The molecule has 8 heteroatoms. The maximum Gasteiger partial charge on any atom is 0.330 e. The van der Waals surface area contributed by atoms with Crippen LogP contribution in [0, 0.1) is 5.92 Å². The molecule has 0 unspecified atom stereocenters. The van der Waals surface area contributed by atoms with Crippen LogP contribution in [0.4, 0.5) is 11.5 Å². The summed E-state index contributed by atoms with van der Waals surface area (Å²) in [6.45, 7) is 7.82. The molecule has 0 saturated carbocycles. The summed E-state index contributed by atoms with van der Waals surface area (Å²) in [6.07, 6.45) is 0. The maximum absolute atomic E-state index is 11.8. The van der Waals surface area contributed by atoms with Crippen molar-refractivity contribution in [2.75, 3.05) is 17.6 Å². The minimum Gasteiger partial charge on any atom is -0.383 e. The molecule has 0 bridgehead atoms. The predicted molar refractivity (Wildman–Crippen MR) is 82.3 cm³/mol. The third kappa shape index (κ3) is 4.66. The van der Waals surface area contributed by atoms with Gasteiger partial charge in [-0.15, -0.1) is 0 Å². The Kier molecular flexibility index (Phi) is 5.57. The van der Waals surface area contributed by atoms with E-state index in [-0.39, 0.29) is 35.9 Å². The van der Waals surface area contributed by atoms with Gasteiger partial charge >= 0.3 is 5.69 Å². The highest BCUT2D eigenvalue weighted by molar-refractivity contribution is 5.81. The Morgan fingerprint density at radius 2 is 1.90 bits per heavy atom. The molecule has 1 heterocycles. The summed E-state index contributed by atoms with van der Waals surface area (Å²) in [5.41, 5.74) is 4.72. The molecule has 21 heavy (non-hydrogen) atoms. The zero-order valence-corrected chi connectivity index (χ0v) is 12.8. The number of hydrogen-bond acceptors (Lipinski definition) is 5. The highest BCUT2D eigenvalue weighted by atomic mass is 16.2. The standard InChI is InChI=1S/C13H23N5O3/c1-7(2)6-18-11(14)10(12(20)17-13(18)21)15-5-9(19)16-8(3)4/h7-8,15H,5-6,14H2,1-4H3,(H,16,19)(H,17,20,21). The Morgan fingerprint density at radius 3 is 2.43 bits per heavy atom. The second kappa shape index (κ2) is 6.96. The van der Waals surface area contributed by atoms with Crippen LogP contribution >= 0.6 is 0 Å². The molecular weight excluding hydrogens is 274 g/mol. The van der Waals surface area contributed by atoms with Gasteiger partial charge in [0.1, 0.15) is 11.5 Å². The molecule has 0 aliphatic carbocycles. The lowest BCUT2D eigenvalue weighted by atomic mass is 10.2. The van der Waals surface area contributed by atoms with E-state index in [1.54, 1.807) is 0 Å². The zero-order chi connectivity index (χ0) is 16.2. The Bertz CT molecular complexity index is 615. The zero-order valence-electron chi connectivity index (χ0n) is 12.8.